The molecular weight excluding hydrogens is 200 g/mol. The zero-order valence-corrected chi connectivity index (χ0v) is 10.3. The molecule has 0 radical (unpaired) electrons. The van der Waals surface area contributed by atoms with Crippen molar-refractivity contribution < 1.29 is 4.74 Å². The Balaban J connectivity index is 2.12. The second-order valence-electron chi connectivity index (χ2n) is 4.68. The number of hydrogen-bond donors (Lipinski definition) is 1. The van der Waals surface area contributed by atoms with Gasteiger partial charge in [-0.15, -0.1) is 0 Å². The van der Waals surface area contributed by atoms with Crippen molar-refractivity contribution in [3.63, 3.8) is 0 Å². The molecule has 2 heterocycles. The Kier molecular flexibility index (Phi) is 3.66. The average Bonchev–Trinajstić information content (AvgIpc) is 2.84. The SMILES string of the molecule is Cc1cc(CCN)c(C)n1CC1CCCO1. The molecule has 1 aliphatic heterocycles. The van der Waals surface area contributed by atoms with Crippen LogP contribution in [0.25, 0.3) is 0 Å². The molecule has 1 fully saturated rings. The predicted molar refractivity (Wildman–Crippen MR) is 65.6 cm³/mol. The lowest BCUT2D eigenvalue weighted by atomic mass is 10.2. The Morgan fingerprint density at radius 2 is 2.31 bits per heavy atom. The van der Waals surface area contributed by atoms with E-state index in [2.05, 4.69) is 24.5 Å². The van der Waals surface area contributed by atoms with E-state index in [1.165, 1.54) is 29.8 Å². The monoisotopic (exact) mass is 222 g/mol. The number of aromatic nitrogens is 1. The van der Waals surface area contributed by atoms with Crippen LogP contribution in [-0.2, 0) is 17.7 Å². The average molecular weight is 222 g/mol. The van der Waals surface area contributed by atoms with Gasteiger partial charge in [-0.3, -0.25) is 0 Å². The Morgan fingerprint density at radius 1 is 1.50 bits per heavy atom. The van der Waals surface area contributed by atoms with Gasteiger partial charge in [0.15, 0.2) is 0 Å². The minimum absolute atomic E-state index is 0.413. The fourth-order valence-corrected chi connectivity index (χ4v) is 2.55. The van der Waals surface area contributed by atoms with Crippen LogP contribution in [0, 0.1) is 13.8 Å². The van der Waals surface area contributed by atoms with E-state index >= 15 is 0 Å². The van der Waals surface area contributed by atoms with E-state index in [1.54, 1.807) is 0 Å². The summed E-state index contributed by atoms with van der Waals surface area (Å²) in [5.74, 6) is 0. The van der Waals surface area contributed by atoms with E-state index in [0.717, 1.165) is 26.1 Å². The second-order valence-corrected chi connectivity index (χ2v) is 4.68. The van der Waals surface area contributed by atoms with Gasteiger partial charge in [0.25, 0.3) is 0 Å². The predicted octanol–water partition coefficient (Wildman–Crippen LogP) is 1.79. The van der Waals surface area contributed by atoms with Gasteiger partial charge >= 0.3 is 0 Å². The van der Waals surface area contributed by atoms with Crippen LogP contribution in [0.1, 0.15) is 29.8 Å². The number of nitrogens with two attached hydrogens (primary N) is 1. The van der Waals surface area contributed by atoms with Crippen LogP contribution in [0.4, 0.5) is 0 Å². The third-order valence-electron chi connectivity index (χ3n) is 3.50. The van der Waals surface area contributed by atoms with Gasteiger partial charge in [-0.05, 0) is 51.3 Å². The maximum Gasteiger partial charge on any atom is 0.0754 e. The standard InChI is InChI=1S/C13H22N2O/c1-10-8-12(5-6-14)11(2)15(10)9-13-4-3-7-16-13/h8,13H,3-7,9,14H2,1-2H3. The molecule has 0 aromatic carbocycles. The smallest absolute Gasteiger partial charge is 0.0754 e. The molecule has 3 nitrogen and oxygen atoms in total. The Bertz CT molecular complexity index is 351. The summed E-state index contributed by atoms with van der Waals surface area (Å²) in [6, 6.07) is 2.26. The van der Waals surface area contributed by atoms with E-state index in [0.29, 0.717) is 6.10 Å². The lowest BCUT2D eigenvalue weighted by Crippen LogP contribution is -2.17. The fraction of sp³-hybridized carbons (Fsp3) is 0.692. The largest absolute Gasteiger partial charge is 0.376 e. The van der Waals surface area contributed by atoms with E-state index in [-0.39, 0.29) is 0 Å². The molecule has 1 atom stereocenters. The third-order valence-corrected chi connectivity index (χ3v) is 3.50. The van der Waals surface area contributed by atoms with Crippen molar-refractivity contribution >= 4 is 0 Å². The van der Waals surface area contributed by atoms with Crippen molar-refractivity contribution in [3.05, 3.63) is 23.0 Å². The molecule has 0 amide bonds. The fourth-order valence-electron chi connectivity index (χ4n) is 2.55. The summed E-state index contributed by atoms with van der Waals surface area (Å²) in [5.41, 5.74) is 9.70. The molecule has 2 N–H and O–H groups in total. The molecule has 3 heteroatoms. The van der Waals surface area contributed by atoms with Crippen molar-refractivity contribution in [1.29, 1.82) is 0 Å². The lowest BCUT2D eigenvalue weighted by Gasteiger charge is -2.14. The minimum atomic E-state index is 0.413. The highest BCUT2D eigenvalue weighted by Gasteiger charge is 2.18. The topological polar surface area (TPSA) is 40.2 Å². The van der Waals surface area contributed by atoms with Gasteiger partial charge in [-0.25, -0.2) is 0 Å². The van der Waals surface area contributed by atoms with Gasteiger partial charge in [-0.1, -0.05) is 0 Å². The van der Waals surface area contributed by atoms with Gasteiger partial charge in [0, 0.05) is 24.5 Å². The Labute approximate surface area is 97.6 Å². The molecular formula is C13H22N2O. The quantitative estimate of drug-likeness (QED) is 0.843. The molecule has 1 aliphatic rings. The zero-order valence-electron chi connectivity index (χ0n) is 10.3. The number of aryl methyl sites for hydroxylation is 1. The Morgan fingerprint density at radius 3 is 2.94 bits per heavy atom. The van der Waals surface area contributed by atoms with Crippen LogP contribution in [0.3, 0.4) is 0 Å². The third kappa shape index (κ3) is 2.30. The zero-order chi connectivity index (χ0) is 11.5. The molecule has 1 unspecified atom stereocenters. The summed E-state index contributed by atoms with van der Waals surface area (Å²) in [7, 11) is 0. The van der Waals surface area contributed by atoms with Crippen LogP contribution in [0.15, 0.2) is 6.07 Å². The molecule has 16 heavy (non-hydrogen) atoms. The highest BCUT2D eigenvalue weighted by atomic mass is 16.5. The van der Waals surface area contributed by atoms with Crippen molar-refractivity contribution in [1.82, 2.24) is 4.57 Å². The molecule has 0 saturated carbocycles. The first-order valence-corrected chi connectivity index (χ1v) is 6.19. The molecule has 90 valence electrons. The Hall–Kier alpha value is -0.800. The molecule has 1 aromatic rings. The molecule has 0 aliphatic carbocycles. The molecule has 2 rings (SSSR count). The van der Waals surface area contributed by atoms with Crippen LogP contribution >= 0.6 is 0 Å². The highest BCUT2D eigenvalue weighted by molar-refractivity contribution is 5.27. The van der Waals surface area contributed by atoms with E-state index < -0.39 is 0 Å². The number of ether oxygens (including phenoxy) is 1. The lowest BCUT2D eigenvalue weighted by molar-refractivity contribution is 0.0961. The summed E-state index contributed by atoms with van der Waals surface area (Å²) in [6.45, 7) is 7.01. The molecule has 0 spiro atoms. The first-order valence-electron chi connectivity index (χ1n) is 6.19. The van der Waals surface area contributed by atoms with Crippen molar-refractivity contribution in [2.45, 2.75) is 45.8 Å². The maximum atomic E-state index is 5.69. The summed E-state index contributed by atoms with van der Waals surface area (Å²) in [6.07, 6.45) is 3.80. The number of hydrogen-bond acceptors (Lipinski definition) is 2. The van der Waals surface area contributed by atoms with Gasteiger partial charge in [0.05, 0.1) is 6.10 Å². The van der Waals surface area contributed by atoms with Crippen molar-refractivity contribution in [2.75, 3.05) is 13.2 Å². The van der Waals surface area contributed by atoms with Gasteiger partial charge in [0.2, 0.25) is 0 Å². The summed E-state index contributed by atoms with van der Waals surface area (Å²) >= 11 is 0. The molecule has 1 saturated heterocycles. The van der Waals surface area contributed by atoms with Gasteiger partial charge in [-0.2, -0.15) is 0 Å². The summed E-state index contributed by atoms with van der Waals surface area (Å²) < 4.78 is 8.07. The minimum Gasteiger partial charge on any atom is -0.376 e. The summed E-state index contributed by atoms with van der Waals surface area (Å²) in [4.78, 5) is 0. The second kappa shape index (κ2) is 5.02. The van der Waals surface area contributed by atoms with Gasteiger partial charge in [0.1, 0.15) is 0 Å². The number of rotatable bonds is 4. The van der Waals surface area contributed by atoms with Crippen LogP contribution in [0.5, 0.6) is 0 Å². The highest BCUT2D eigenvalue weighted by Crippen LogP contribution is 2.20. The van der Waals surface area contributed by atoms with E-state index in [4.69, 9.17) is 10.5 Å². The summed E-state index contributed by atoms with van der Waals surface area (Å²) in [5, 5.41) is 0. The van der Waals surface area contributed by atoms with E-state index in [9.17, 15) is 0 Å². The van der Waals surface area contributed by atoms with Crippen molar-refractivity contribution in [3.8, 4) is 0 Å². The first-order chi connectivity index (χ1) is 7.72. The van der Waals surface area contributed by atoms with Crippen molar-refractivity contribution in [2.24, 2.45) is 5.73 Å². The maximum absolute atomic E-state index is 5.69. The van der Waals surface area contributed by atoms with Crippen LogP contribution in [-0.4, -0.2) is 23.8 Å². The number of nitrogens with zero attached hydrogens (tertiary/aromatic N) is 1. The van der Waals surface area contributed by atoms with E-state index in [1.807, 2.05) is 0 Å². The van der Waals surface area contributed by atoms with Crippen LogP contribution < -0.4 is 5.73 Å². The molecule has 1 aromatic heterocycles. The van der Waals surface area contributed by atoms with Crippen LogP contribution in [0.2, 0.25) is 0 Å². The van der Waals surface area contributed by atoms with Gasteiger partial charge < -0.3 is 15.0 Å². The normalized spacial score (nSPS) is 20.6. The molecule has 0 bridgehead atoms. The first kappa shape index (κ1) is 11.7.